The van der Waals surface area contributed by atoms with Gasteiger partial charge in [-0.2, -0.15) is 5.10 Å². The fourth-order valence-corrected chi connectivity index (χ4v) is 3.44. The Morgan fingerprint density at radius 3 is 2.74 bits per heavy atom. The highest BCUT2D eigenvalue weighted by Crippen LogP contribution is 2.18. The number of nitrogens with one attached hydrogen (secondary N) is 2. The second-order valence-electron chi connectivity index (χ2n) is 6.74. The number of carbonyl (C=O) groups excluding carboxylic acids is 1. The summed E-state index contributed by atoms with van der Waals surface area (Å²) >= 11 is 0. The van der Waals surface area contributed by atoms with Crippen LogP contribution in [0.4, 0.5) is 10.5 Å². The summed E-state index contributed by atoms with van der Waals surface area (Å²) in [5.74, 6) is 0. The predicted molar refractivity (Wildman–Crippen MR) is 108 cm³/mol. The summed E-state index contributed by atoms with van der Waals surface area (Å²) in [6.07, 6.45) is 3.68. The molecule has 3 rings (SSSR count). The Bertz CT molecular complexity index is 939. The van der Waals surface area contributed by atoms with Crippen LogP contribution in [0.2, 0.25) is 0 Å². The van der Waals surface area contributed by atoms with Gasteiger partial charge in [-0.25, -0.2) is 9.78 Å². The van der Waals surface area contributed by atoms with Crippen molar-refractivity contribution in [2.24, 2.45) is 0 Å². The van der Waals surface area contributed by atoms with Crippen LogP contribution in [0.3, 0.4) is 0 Å². The van der Waals surface area contributed by atoms with Crippen molar-refractivity contribution in [3.05, 3.63) is 41.5 Å². The molecular formula is C20H28N6O. The van der Waals surface area contributed by atoms with E-state index in [4.69, 9.17) is 0 Å². The van der Waals surface area contributed by atoms with Gasteiger partial charge in [0.15, 0.2) is 0 Å². The topological polar surface area (TPSA) is 76.8 Å². The highest BCUT2D eigenvalue weighted by atomic mass is 16.2. The minimum absolute atomic E-state index is 0.208. The zero-order chi connectivity index (χ0) is 19.4. The Labute approximate surface area is 159 Å². The third kappa shape index (κ3) is 4.13. The fourth-order valence-electron chi connectivity index (χ4n) is 3.44. The van der Waals surface area contributed by atoms with Gasteiger partial charge in [0, 0.05) is 31.0 Å². The second kappa shape index (κ2) is 8.24. The number of amides is 2. The average molecular weight is 368 g/mol. The molecule has 0 aliphatic carbocycles. The molecule has 144 valence electrons. The molecule has 0 saturated carbocycles. The van der Waals surface area contributed by atoms with E-state index in [0.717, 1.165) is 48.3 Å². The summed E-state index contributed by atoms with van der Waals surface area (Å²) in [6.45, 7) is 10.7. The first-order chi connectivity index (χ1) is 13.0. The van der Waals surface area contributed by atoms with E-state index in [2.05, 4.69) is 46.1 Å². The van der Waals surface area contributed by atoms with Crippen LogP contribution >= 0.6 is 0 Å². The maximum absolute atomic E-state index is 12.2. The first-order valence-corrected chi connectivity index (χ1v) is 9.56. The van der Waals surface area contributed by atoms with Gasteiger partial charge in [-0.1, -0.05) is 6.92 Å². The molecule has 1 aromatic carbocycles. The summed E-state index contributed by atoms with van der Waals surface area (Å²) in [5, 5.41) is 10.3. The fraction of sp³-hybridized carbons (Fsp3) is 0.450. The van der Waals surface area contributed by atoms with E-state index in [1.54, 1.807) is 0 Å². The lowest BCUT2D eigenvalue weighted by molar-refractivity contribution is 0.252. The summed E-state index contributed by atoms with van der Waals surface area (Å²) < 4.78 is 4.12. The molecule has 7 heteroatoms. The van der Waals surface area contributed by atoms with E-state index in [-0.39, 0.29) is 6.03 Å². The molecule has 0 spiro atoms. The summed E-state index contributed by atoms with van der Waals surface area (Å²) in [7, 11) is 0. The molecule has 7 nitrogen and oxygen atoms in total. The van der Waals surface area contributed by atoms with Crippen LogP contribution in [0.15, 0.2) is 24.5 Å². The zero-order valence-electron chi connectivity index (χ0n) is 16.5. The Kier molecular flexibility index (Phi) is 5.78. The molecule has 2 N–H and O–H groups in total. The van der Waals surface area contributed by atoms with Crippen LogP contribution in [0.1, 0.15) is 37.2 Å². The number of carbonyl (C=O) groups is 1. The molecule has 2 aromatic heterocycles. The summed E-state index contributed by atoms with van der Waals surface area (Å²) in [4.78, 5) is 16.6. The van der Waals surface area contributed by atoms with Crippen molar-refractivity contribution in [3.8, 4) is 0 Å². The van der Waals surface area contributed by atoms with Crippen LogP contribution in [0.5, 0.6) is 0 Å². The van der Waals surface area contributed by atoms with Crippen molar-refractivity contribution >= 4 is 22.8 Å². The van der Waals surface area contributed by atoms with E-state index >= 15 is 0 Å². The molecule has 2 amide bonds. The molecule has 0 unspecified atom stereocenters. The molecule has 0 aliphatic rings. The molecule has 0 saturated heterocycles. The lowest BCUT2D eigenvalue weighted by Crippen LogP contribution is -2.30. The van der Waals surface area contributed by atoms with E-state index in [0.29, 0.717) is 6.54 Å². The van der Waals surface area contributed by atoms with E-state index in [9.17, 15) is 4.79 Å². The summed E-state index contributed by atoms with van der Waals surface area (Å²) in [5.41, 5.74) is 6.13. The van der Waals surface area contributed by atoms with Crippen LogP contribution in [-0.2, 0) is 19.5 Å². The van der Waals surface area contributed by atoms with Gasteiger partial charge >= 0.3 is 6.03 Å². The second-order valence-corrected chi connectivity index (χ2v) is 6.74. The minimum atomic E-state index is -0.208. The lowest BCUT2D eigenvalue weighted by atomic mass is 10.1. The normalized spacial score (nSPS) is 11.1. The number of imidazole rings is 1. The highest BCUT2D eigenvalue weighted by molar-refractivity contribution is 5.91. The Morgan fingerprint density at radius 2 is 2.04 bits per heavy atom. The average Bonchev–Trinajstić information content (AvgIpc) is 3.16. The standard InChI is InChI=1S/C20H28N6O/c1-5-11-25-13-22-18-12-16(7-8-19(18)25)23-20(27)21-10-9-17-14(3)24-26(6-2)15(17)4/h7-8,12-13H,5-6,9-11H2,1-4H3,(H2,21,23,27). The van der Waals surface area contributed by atoms with Crippen molar-refractivity contribution < 1.29 is 4.79 Å². The van der Waals surface area contributed by atoms with E-state index in [1.807, 2.05) is 36.1 Å². The van der Waals surface area contributed by atoms with Gasteiger partial charge in [0.25, 0.3) is 0 Å². The van der Waals surface area contributed by atoms with Gasteiger partial charge in [0.2, 0.25) is 0 Å². The quantitative estimate of drug-likeness (QED) is 0.668. The van der Waals surface area contributed by atoms with Crippen molar-refractivity contribution in [3.63, 3.8) is 0 Å². The molecule has 0 atom stereocenters. The van der Waals surface area contributed by atoms with Gasteiger partial charge < -0.3 is 15.2 Å². The van der Waals surface area contributed by atoms with Crippen LogP contribution < -0.4 is 10.6 Å². The van der Waals surface area contributed by atoms with E-state index < -0.39 is 0 Å². The molecule has 0 radical (unpaired) electrons. The third-order valence-corrected chi connectivity index (χ3v) is 4.83. The lowest BCUT2D eigenvalue weighted by Gasteiger charge is -2.09. The molecule has 0 bridgehead atoms. The maximum Gasteiger partial charge on any atom is 0.319 e. The Morgan fingerprint density at radius 1 is 1.22 bits per heavy atom. The Hall–Kier alpha value is -2.83. The molecule has 0 aliphatic heterocycles. The van der Waals surface area contributed by atoms with Gasteiger partial charge in [-0.3, -0.25) is 4.68 Å². The highest BCUT2D eigenvalue weighted by Gasteiger charge is 2.11. The third-order valence-electron chi connectivity index (χ3n) is 4.83. The van der Waals surface area contributed by atoms with Crippen molar-refractivity contribution in [1.29, 1.82) is 0 Å². The predicted octanol–water partition coefficient (Wildman–Crippen LogP) is 3.64. The SMILES string of the molecule is CCCn1cnc2cc(NC(=O)NCCc3c(C)nn(CC)c3C)ccc21. The molecular weight excluding hydrogens is 340 g/mol. The number of aromatic nitrogens is 4. The number of anilines is 1. The number of hydrogen-bond acceptors (Lipinski definition) is 3. The molecule has 2 heterocycles. The number of urea groups is 1. The minimum Gasteiger partial charge on any atom is -0.338 e. The van der Waals surface area contributed by atoms with Gasteiger partial charge in [-0.15, -0.1) is 0 Å². The first-order valence-electron chi connectivity index (χ1n) is 9.56. The number of fused-ring (bicyclic) bond motifs is 1. The van der Waals surface area contributed by atoms with Crippen LogP contribution in [-0.4, -0.2) is 31.9 Å². The number of hydrogen-bond donors (Lipinski definition) is 2. The van der Waals surface area contributed by atoms with Crippen molar-refractivity contribution in [1.82, 2.24) is 24.6 Å². The number of nitrogens with zero attached hydrogens (tertiary/aromatic N) is 4. The zero-order valence-corrected chi connectivity index (χ0v) is 16.5. The largest absolute Gasteiger partial charge is 0.338 e. The summed E-state index contributed by atoms with van der Waals surface area (Å²) in [6, 6.07) is 5.61. The van der Waals surface area contributed by atoms with Crippen molar-refractivity contribution in [2.75, 3.05) is 11.9 Å². The maximum atomic E-state index is 12.2. The van der Waals surface area contributed by atoms with Crippen molar-refractivity contribution in [2.45, 2.75) is 53.6 Å². The van der Waals surface area contributed by atoms with Crippen LogP contribution in [0.25, 0.3) is 11.0 Å². The number of aryl methyl sites for hydroxylation is 3. The Balaban J connectivity index is 1.56. The van der Waals surface area contributed by atoms with Gasteiger partial charge in [0.05, 0.1) is 23.1 Å². The van der Waals surface area contributed by atoms with Gasteiger partial charge in [0.1, 0.15) is 0 Å². The van der Waals surface area contributed by atoms with Gasteiger partial charge in [-0.05, 0) is 57.4 Å². The number of rotatable bonds is 7. The number of benzene rings is 1. The van der Waals surface area contributed by atoms with Crippen LogP contribution in [0, 0.1) is 13.8 Å². The molecule has 0 fully saturated rings. The van der Waals surface area contributed by atoms with E-state index in [1.165, 1.54) is 11.3 Å². The molecule has 27 heavy (non-hydrogen) atoms. The monoisotopic (exact) mass is 368 g/mol. The molecule has 3 aromatic rings. The first kappa shape index (κ1) is 18.9. The smallest absolute Gasteiger partial charge is 0.319 e.